The maximum Gasteiger partial charge on any atom is 0.223 e. The summed E-state index contributed by atoms with van der Waals surface area (Å²) in [4.78, 5) is 3.60. The van der Waals surface area contributed by atoms with Crippen molar-refractivity contribution >= 4 is 0 Å². The van der Waals surface area contributed by atoms with Gasteiger partial charge in [0.05, 0.1) is 13.2 Å². The molecular formula is C11H17NO2. The first-order valence-corrected chi connectivity index (χ1v) is 5.40. The van der Waals surface area contributed by atoms with Gasteiger partial charge in [-0.15, -0.1) is 0 Å². The second kappa shape index (κ2) is 3.88. The zero-order valence-electron chi connectivity index (χ0n) is 8.66. The first-order chi connectivity index (χ1) is 6.76. The smallest absolute Gasteiger partial charge is 0.223 e. The Bertz CT molecular complexity index is 230. The molecule has 2 rings (SSSR count). The largest absolute Gasteiger partial charge is 0.348 e. The molecule has 1 spiro atoms. The van der Waals surface area contributed by atoms with Gasteiger partial charge in [-0.2, -0.15) is 0 Å². The normalized spacial score (nSPS) is 28.9. The lowest BCUT2D eigenvalue weighted by atomic mass is 9.81. The second-order valence-electron chi connectivity index (χ2n) is 4.31. The first-order valence-electron chi connectivity index (χ1n) is 5.40. The number of rotatable bonds is 1. The van der Waals surface area contributed by atoms with E-state index in [2.05, 4.69) is 4.85 Å². The van der Waals surface area contributed by atoms with Crippen LogP contribution < -0.4 is 0 Å². The highest BCUT2D eigenvalue weighted by Gasteiger charge is 2.42. The molecule has 2 aliphatic rings. The van der Waals surface area contributed by atoms with Crippen molar-refractivity contribution in [3.05, 3.63) is 11.4 Å². The summed E-state index contributed by atoms with van der Waals surface area (Å²) in [6.45, 7) is 10.5. The molecule has 3 heteroatoms. The van der Waals surface area contributed by atoms with Crippen LogP contribution >= 0.6 is 0 Å². The summed E-state index contributed by atoms with van der Waals surface area (Å²) in [6, 6.07) is 0.161. The van der Waals surface area contributed by atoms with Gasteiger partial charge in [-0.25, -0.2) is 6.57 Å². The zero-order valence-corrected chi connectivity index (χ0v) is 8.66. The third-order valence-electron chi connectivity index (χ3n) is 3.49. The SMILES string of the molecule is [C-]#[N+]C(C)C1CCC2(CC1)OCCO2. The summed E-state index contributed by atoms with van der Waals surface area (Å²) in [5, 5.41) is 0. The van der Waals surface area contributed by atoms with E-state index in [0.29, 0.717) is 5.92 Å². The third-order valence-corrected chi connectivity index (χ3v) is 3.49. The molecule has 0 aromatic carbocycles. The number of ether oxygens (including phenoxy) is 2. The molecule has 0 aromatic heterocycles. The molecular weight excluding hydrogens is 178 g/mol. The van der Waals surface area contributed by atoms with Crippen molar-refractivity contribution in [2.45, 2.75) is 44.4 Å². The predicted octanol–water partition coefficient (Wildman–Crippen LogP) is 2.23. The quantitative estimate of drug-likeness (QED) is 0.599. The summed E-state index contributed by atoms with van der Waals surface area (Å²) in [6.07, 6.45) is 4.09. The summed E-state index contributed by atoms with van der Waals surface area (Å²) >= 11 is 0. The first kappa shape index (κ1) is 9.95. The van der Waals surface area contributed by atoms with Gasteiger partial charge in [-0.3, -0.25) is 0 Å². The van der Waals surface area contributed by atoms with Crippen LogP contribution in [0, 0.1) is 12.5 Å². The summed E-state index contributed by atoms with van der Waals surface area (Å²) < 4.78 is 11.3. The second-order valence-corrected chi connectivity index (χ2v) is 4.31. The van der Waals surface area contributed by atoms with Gasteiger partial charge in [-0.1, -0.05) is 0 Å². The molecule has 1 atom stereocenters. The van der Waals surface area contributed by atoms with E-state index in [0.717, 1.165) is 38.9 Å². The van der Waals surface area contributed by atoms with Crippen molar-refractivity contribution in [2.75, 3.05) is 13.2 Å². The summed E-state index contributed by atoms with van der Waals surface area (Å²) in [7, 11) is 0. The zero-order chi connectivity index (χ0) is 10.0. The average Bonchev–Trinajstić information content (AvgIpc) is 2.67. The van der Waals surface area contributed by atoms with Crippen LogP contribution in [0.25, 0.3) is 4.85 Å². The van der Waals surface area contributed by atoms with Crippen LogP contribution in [0.2, 0.25) is 0 Å². The fraction of sp³-hybridized carbons (Fsp3) is 0.909. The Morgan fingerprint density at radius 1 is 1.29 bits per heavy atom. The summed E-state index contributed by atoms with van der Waals surface area (Å²) in [5.74, 6) is 0.282. The highest BCUT2D eigenvalue weighted by Crippen LogP contribution is 2.39. The van der Waals surface area contributed by atoms with E-state index >= 15 is 0 Å². The van der Waals surface area contributed by atoms with Gasteiger partial charge in [0.15, 0.2) is 5.79 Å². The monoisotopic (exact) mass is 195 g/mol. The number of nitrogens with zero attached hydrogens (tertiary/aromatic N) is 1. The minimum atomic E-state index is -0.266. The molecule has 0 N–H and O–H groups in total. The molecule has 1 saturated carbocycles. The molecule has 1 saturated heterocycles. The van der Waals surface area contributed by atoms with Crippen LogP contribution in [0.1, 0.15) is 32.6 Å². The van der Waals surface area contributed by atoms with Crippen LogP contribution in [0.5, 0.6) is 0 Å². The minimum absolute atomic E-state index is 0.161. The van der Waals surface area contributed by atoms with Crippen molar-refractivity contribution in [3.8, 4) is 0 Å². The van der Waals surface area contributed by atoms with Crippen molar-refractivity contribution in [1.82, 2.24) is 0 Å². The Labute approximate surface area is 85.2 Å². The van der Waals surface area contributed by atoms with Gasteiger partial charge in [-0.05, 0) is 12.8 Å². The molecule has 2 fully saturated rings. The maximum atomic E-state index is 7.01. The van der Waals surface area contributed by atoms with Gasteiger partial charge in [0.2, 0.25) is 6.04 Å². The Hall–Kier alpha value is -0.590. The molecule has 3 nitrogen and oxygen atoms in total. The molecule has 0 amide bonds. The Kier molecular flexibility index (Phi) is 2.76. The molecule has 0 radical (unpaired) electrons. The van der Waals surface area contributed by atoms with Crippen molar-refractivity contribution in [1.29, 1.82) is 0 Å². The van der Waals surface area contributed by atoms with E-state index in [4.69, 9.17) is 16.0 Å². The van der Waals surface area contributed by atoms with Gasteiger partial charge in [0.1, 0.15) is 0 Å². The minimum Gasteiger partial charge on any atom is -0.348 e. The van der Waals surface area contributed by atoms with E-state index in [1.165, 1.54) is 0 Å². The fourth-order valence-electron chi connectivity index (χ4n) is 2.45. The molecule has 1 unspecified atom stereocenters. The molecule has 14 heavy (non-hydrogen) atoms. The van der Waals surface area contributed by atoms with Gasteiger partial charge in [0.25, 0.3) is 0 Å². The van der Waals surface area contributed by atoms with Crippen LogP contribution in [0.15, 0.2) is 0 Å². The van der Waals surface area contributed by atoms with Gasteiger partial charge < -0.3 is 14.3 Å². The van der Waals surface area contributed by atoms with Crippen LogP contribution in [0.3, 0.4) is 0 Å². The van der Waals surface area contributed by atoms with Crippen molar-refractivity contribution < 1.29 is 9.47 Å². The maximum absolute atomic E-state index is 7.01. The standard InChI is InChI=1S/C11H17NO2/c1-9(12-2)10-3-5-11(6-4-10)13-7-8-14-11/h9-10H,3-8H2,1H3. The van der Waals surface area contributed by atoms with E-state index in [9.17, 15) is 0 Å². The molecule has 78 valence electrons. The average molecular weight is 195 g/mol. The lowest BCUT2D eigenvalue weighted by Gasteiger charge is -2.34. The lowest BCUT2D eigenvalue weighted by molar-refractivity contribution is -0.182. The molecule has 1 heterocycles. The van der Waals surface area contributed by atoms with Gasteiger partial charge in [0, 0.05) is 25.7 Å². The molecule has 1 aliphatic heterocycles. The van der Waals surface area contributed by atoms with E-state index in [1.807, 2.05) is 6.92 Å². The van der Waals surface area contributed by atoms with E-state index in [-0.39, 0.29) is 11.8 Å². The Morgan fingerprint density at radius 2 is 1.86 bits per heavy atom. The molecule has 1 aliphatic carbocycles. The van der Waals surface area contributed by atoms with Crippen molar-refractivity contribution in [2.24, 2.45) is 5.92 Å². The molecule has 0 bridgehead atoms. The highest BCUT2D eigenvalue weighted by molar-refractivity contribution is 4.89. The van der Waals surface area contributed by atoms with E-state index < -0.39 is 0 Å². The Morgan fingerprint density at radius 3 is 2.36 bits per heavy atom. The number of hydrogen-bond donors (Lipinski definition) is 0. The molecule has 0 aromatic rings. The lowest BCUT2D eigenvalue weighted by Crippen LogP contribution is -2.37. The third kappa shape index (κ3) is 1.77. The number of hydrogen-bond acceptors (Lipinski definition) is 2. The summed E-state index contributed by atoms with van der Waals surface area (Å²) in [5.41, 5.74) is 0. The van der Waals surface area contributed by atoms with Crippen molar-refractivity contribution in [3.63, 3.8) is 0 Å². The fourth-order valence-corrected chi connectivity index (χ4v) is 2.45. The Balaban J connectivity index is 1.89. The van der Waals surface area contributed by atoms with E-state index in [1.54, 1.807) is 0 Å². The predicted molar refractivity (Wildman–Crippen MR) is 52.7 cm³/mol. The van der Waals surface area contributed by atoms with Crippen LogP contribution in [0.4, 0.5) is 0 Å². The van der Waals surface area contributed by atoms with Crippen LogP contribution in [-0.2, 0) is 9.47 Å². The van der Waals surface area contributed by atoms with Gasteiger partial charge >= 0.3 is 0 Å². The topological polar surface area (TPSA) is 22.8 Å². The highest BCUT2D eigenvalue weighted by atomic mass is 16.7. The van der Waals surface area contributed by atoms with Crippen LogP contribution in [-0.4, -0.2) is 25.0 Å².